The lowest BCUT2D eigenvalue weighted by Gasteiger charge is -2.22. The lowest BCUT2D eigenvalue weighted by Crippen LogP contribution is -2.31. The summed E-state index contributed by atoms with van der Waals surface area (Å²) in [5, 5.41) is 1.02. The van der Waals surface area contributed by atoms with E-state index in [1.165, 1.54) is 17.9 Å². The Morgan fingerprint density at radius 1 is 1.00 bits per heavy atom. The first-order chi connectivity index (χ1) is 20.6. The van der Waals surface area contributed by atoms with Crippen molar-refractivity contribution in [2.75, 3.05) is 4.90 Å². The summed E-state index contributed by atoms with van der Waals surface area (Å²) >= 11 is 6.04. The summed E-state index contributed by atoms with van der Waals surface area (Å²) in [6.45, 7) is 5.40. The van der Waals surface area contributed by atoms with Crippen LogP contribution in [0.1, 0.15) is 46.5 Å². The first kappa shape index (κ1) is 28.5. The van der Waals surface area contributed by atoms with Crippen molar-refractivity contribution in [1.29, 1.82) is 0 Å². The Morgan fingerprint density at radius 2 is 1.74 bits per heavy atom. The largest absolute Gasteiger partial charge is 0.451 e. The van der Waals surface area contributed by atoms with Crippen LogP contribution in [0.3, 0.4) is 0 Å². The third kappa shape index (κ3) is 5.14. The van der Waals surface area contributed by atoms with Gasteiger partial charge in [0.1, 0.15) is 0 Å². The molecule has 4 atom stereocenters. The predicted molar refractivity (Wildman–Crippen MR) is 165 cm³/mol. The quantitative estimate of drug-likeness (QED) is 0.104. The number of Topliss-reactive ketones (excluding diaryl/α,β-unsaturated/α-hetero) is 1. The first-order valence-electron chi connectivity index (χ1n) is 14.2. The van der Waals surface area contributed by atoms with Gasteiger partial charge in [-0.1, -0.05) is 73.1 Å². The molecule has 4 unspecified atom stereocenters. The van der Waals surface area contributed by atoms with Crippen molar-refractivity contribution in [2.45, 2.75) is 33.3 Å². The molecule has 43 heavy (non-hydrogen) atoms. The predicted octanol–water partition coefficient (Wildman–Crippen LogP) is 6.99. The van der Waals surface area contributed by atoms with Gasteiger partial charge in [-0.15, -0.1) is 0 Å². The van der Waals surface area contributed by atoms with E-state index in [2.05, 4.69) is 0 Å². The van der Waals surface area contributed by atoms with Gasteiger partial charge in [0, 0.05) is 21.5 Å². The number of carbonyl (C=O) groups excluding carboxylic acids is 4. The molecule has 0 spiro atoms. The number of allylic oxidation sites excluding steroid dienone is 2. The molecule has 8 heteroatoms. The minimum Gasteiger partial charge on any atom is -0.451 e. The summed E-state index contributed by atoms with van der Waals surface area (Å²) in [7, 11) is 0. The molecule has 3 aromatic carbocycles. The van der Waals surface area contributed by atoms with E-state index < -0.39 is 12.1 Å². The van der Waals surface area contributed by atoms with Gasteiger partial charge in [0.25, 0.3) is 0 Å². The number of ether oxygens (including phenoxy) is 1. The van der Waals surface area contributed by atoms with E-state index >= 15 is 0 Å². The molecule has 1 aromatic heterocycles. The molecule has 0 radical (unpaired) electrons. The van der Waals surface area contributed by atoms with Crippen LogP contribution in [0.4, 0.5) is 5.69 Å². The third-order valence-corrected chi connectivity index (χ3v) is 8.55. The lowest BCUT2D eigenvalue weighted by atomic mass is 9.78. The molecular weight excluding hydrogens is 564 g/mol. The smallest absolute Gasteiger partial charge is 0.339 e. The Bertz CT molecular complexity index is 1830. The number of hydrogen-bond donors (Lipinski definition) is 0. The highest BCUT2D eigenvalue weighted by atomic mass is 35.5. The molecule has 2 amide bonds. The normalized spacial score (nSPS) is 20.3. The highest BCUT2D eigenvalue weighted by Gasteiger charge is 2.50. The number of pyridine rings is 1. The molecule has 7 nitrogen and oxygen atoms in total. The number of fused-ring (bicyclic) bond motifs is 2. The van der Waals surface area contributed by atoms with Gasteiger partial charge in [-0.2, -0.15) is 0 Å². The van der Waals surface area contributed by atoms with Crippen LogP contribution < -0.4 is 4.90 Å². The number of para-hydroxylation sites is 1. The molecule has 6 rings (SSSR count). The highest BCUT2D eigenvalue weighted by Crippen LogP contribution is 2.41. The van der Waals surface area contributed by atoms with Gasteiger partial charge in [-0.3, -0.25) is 19.3 Å². The summed E-state index contributed by atoms with van der Waals surface area (Å²) in [5.41, 5.74) is 3.83. The average molecular weight is 593 g/mol. The molecular formula is C35H29ClN2O5. The van der Waals surface area contributed by atoms with Gasteiger partial charge in [0.05, 0.1) is 34.3 Å². The molecule has 2 aliphatic rings. The number of hydrogen-bond acceptors (Lipinski definition) is 6. The van der Waals surface area contributed by atoms with Crippen molar-refractivity contribution in [3.63, 3.8) is 0 Å². The fourth-order valence-corrected chi connectivity index (χ4v) is 6.24. The highest BCUT2D eigenvalue weighted by molar-refractivity contribution is 6.31. The van der Waals surface area contributed by atoms with Gasteiger partial charge in [-0.25, -0.2) is 9.78 Å². The number of aryl methyl sites for hydroxylation is 1. The van der Waals surface area contributed by atoms with Crippen LogP contribution in [0.5, 0.6) is 0 Å². The second-order valence-electron chi connectivity index (χ2n) is 11.2. The number of esters is 1. The topological polar surface area (TPSA) is 93.6 Å². The van der Waals surface area contributed by atoms with E-state index in [4.69, 9.17) is 21.3 Å². The number of rotatable bonds is 6. The van der Waals surface area contributed by atoms with Crippen LogP contribution in [0.25, 0.3) is 22.2 Å². The second-order valence-corrected chi connectivity index (χ2v) is 11.6. The number of benzene rings is 3. The fourth-order valence-electron chi connectivity index (χ4n) is 6.05. The maximum atomic E-state index is 13.5. The van der Waals surface area contributed by atoms with Gasteiger partial charge >= 0.3 is 5.97 Å². The molecule has 1 saturated heterocycles. The monoisotopic (exact) mass is 592 g/mol. The number of imide groups is 1. The van der Waals surface area contributed by atoms with E-state index in [9.17, 15) is 19.2 Å². The van der Waals surface area contributed by atoms with Crippen molar-refractivity contribution >= 4 is 51.8 Å². The summed E-state index contributed by atoms with van der Waals surface area (Å²) in [6.07, 6.45) is 3.51. The van der Waals surface area contributed by atoms with Crippen molar-refractivity contribution in [1.82, 2.24) is 4.98 Å². The van der Waals surface area contributed by atoms with Crippen LogP contribution in [0, 0.1) is 24.7 Å². The molecule has 216 valence electrons. The molecule has 0 bridgehead atoms. The molecule has 2 heterocycles. The molecule has 0 saturated carbocycles. The van der Waals surface area contributed by atoms with Crippen molar-refractivity contribution in [3.05, 3.63) is 107 Å². The number of aromatic nitrogens is 1. The van der Waals surface area contributed by atoms with Crippen LogP contribution in [0.2, 0.25) is 5.02 Å². The van der Waals surface area contributed by atoms with Gasteiger partial charge in [0.15, 0.2) is 6.10 Å². The SMILES string of the molecule is Cc1cccc2c(C(=O)OC(C)C(=O)c3cccc(Cl)c3)cc(-c3ccc(N4C(=O)C5CC=CC(C)C5C4=O)cc3)nc12. The van der Waals surface area contributed by atoms with E-state index in [1.807, 2.05) is 38.1 Å². The Hall–Kier alpha value is -4.62. The molecule has 0 N–H and O–H groups in total. The number of halogens is 1. The minimum atomic E-state index is -1.04. The van der Waals surface area contributed by atoms with Crippen molar-refractivity contribution in [3.8, 4) is 11.3 Å². The van der Waals surface area contributed by atoms with E-state index in [0.29, 0.717) is 44.9 Å². The maximum Gasteiger partial charge on any atom is 0.339 e. The standard InChI is InChI=1S/C35H29ClN2O5/c1-19-7-4-12-27-30(19)34(41)38(33(27)40)25-15-13-22(14-16-25)29-18-28(26-11-5-8-20(2)31(26)37-29)35(42)43-21(3)32(39)23-9-6-10-24(36)17-23/h4-11,13-19,21,27,30H,12H2,1-3H3. The lowest BCUT2D eigenvalue weighted by molar-refractivity contribution is -0.122. The van der Waals surface area contributed by atoms with E-state index in [1.54, 1.807) is 54.6 Å². The zero-order chi connectivity index (χ0) is 30.4. The second kappa shape index (κ2) is 11.2. The number of carbonyl (C=O) groups is 4. The Kier molecular flexibility index (Phi) is 7.44. The molecule has 1 aliphatic heterocycles. The van der Waals surface area contributed by atoms with Crippen molar-refractivity contribution < 1.29 is 23.9 Å². The van der Waals surface area contributed by atoms with Crippen LogP contribution in [-0.2, 0) is 14.3 Å². The summed E-state index contributed by atoms with van der Waals surface area (Å²) < 4.78 is 5.65. The average Bonchev–Trinajstić information content (AvgIpc) is 3.26. The molecule has 1 aliphatic carbocycles. The molecule has 4 aromatic rings. The summed E-state index contributed by atoms with van der Waals surface area (Å²) in [5.74, 6) is -2.04. The Labute approximate surface area is 254 Å². The van der Waals surface area contributed by atoms with Crippen LogP contribution >= 0.6 is 11.6 Å². The summed E-state index contributed by atoms with van der Waals surface area (Å²) in [6, 6.07) is 20.7. The first-order valence-corrected chi connectivity index (χ1v) is 14.6. The summed E-state index contributed by atoms with van der Waals surface area (Å²) in [4.78, 5) is 59.0. The van der Waals surface area contributed by atoms with Crippen molar-refractivity contribution in [2.24, 2.45) is 17.8 Å². The third-order valence-electron chi connectivity index (χ3n) is 8.32. The van der Waals surface area contributed by atoms with Gasteiger partial charge in [-0.05, 0) is 62.1 Å². The fraction of sp³-hybridized carbons (Fsp3) is 0.229. The van der Waals surface area contributed by atoms with Crippen LogP contribution in [0.15, 0.2) is 84.9 Å². The zero-order valence-corrected chi connectivity index (χ0v) is 24.7. The van der Waals surface area contributed by atoms with Crippen LogP contribution in [-0.4, -0.2) is 34.7 Å². The number of ketones is 1. The maximum absolute atomic E-state index is 13.5. The Morgan fingerprint density at radius 3 is 2.47 bits per heavy atom. The van der Waals surface area contributed by atoms with Gasteiger partial charge in [0.2, 0.25) is 17.6 Å². The zero-order valence-electron chi connectivity index (χ0n) is 23.9. The van der Waals surface area contributed by atoms with E-state index in [-0.39, 0.29) is 40.9 Å². The number of anilines is 1. The van der Waals surface area contributed by atoms with E-state index in [0.717, 1.165) is 5.56 Å². The molecule has 1 fully saturated rings. The Balaban J connectivity index is 1.31. The van der Waals surface area contributed by atoms with Gasteiger partial charge < -0.3 is 4.74 Å². The minimum absolute atomic E-state index is 0.00574. The number of nitrogens with zero attached hydrogens (tertiary/aromatic N) is 2. The number of amides is 2.